The molecule has 2 amide bonds. The van der Waals surface area contributed by atoms with Gasteiger partial charge in [0.25, 0.3) is 0 Å². The molecule has 1 aliphatic rings. The normalized spacial score (nSPS) is 14.7. The minimum atomic E-state index is -5.08. The van der Waals surface area contributed by atoms with Crippen LogP contribution in [0.25, 0.3) is 0 Å². The highest BCUT2D eigenvalue weighted by atomic mass is 32.3. The van der Waals surface area contributed by atoms with Crippen molar-refractivity contribution in [2.24, 2.45) is 16.6 Å². The Morgan fingerprint density at radius 2 is 1.55 bits per heavy atom. The quantitative estimate of drug-likeness (QED) is 0.181. The first-order chi connectivity index (χ1) is 23.6. The Balaban J connectivity index is 0.00000116. The SMILES string of the molecule is COc1ccc(CC(=O)NC(N)=N[C@H](CC2CCCCC2)C(=O)Nc2cc(N(S(C)(=O)=O)S(C)(=O)=O)ccc2C)cc1OC.O=C(O)C(F)(F)F. The standard InChI is InChI=1S/C29H41N5O8S2.C2HF3O2/c1-19-11-13-22(34(43(4,37)38)44(5,39)40)18-23(19)31-28(36)24(15-20-9-7-6-8-10-20)32-29(30)33-27(35)17-21-12-14-25(41-2)26(16-21)42-3;3-2(4,5)1(6)7/h11-14,16,18,20,24H,6-10,15,17H2,1-5H3,(H,31,36)(H3,30,32,33,35);(H,6,7)/t24-;/m1./s1. The molecule has 0 radical (unpaired) electrons. The molecule has 0 unspecified atom stereocenters. The number of rotatable bonds is 12. The minimum Gasteiger partial charge on any atom is -0.493 e. The van der Waals surface area contributed by atoms with Crippen molar-refractivity contribution >= 4 is 55.2 Å². The number of aliphatic carboxylic acids is 1. The number of halogens is 3. The van der Waals surface area contributed by atoms with Crippen LogP contribution in [-0.4, -0.2) is 84.6 Å². The van der Waals surface area contributed by atoms with Gasteiger partial charge < -0.3 is 25.6 Å². The number of ether oxygens (including phenoxy) is 2. The summed E-state index contributed by atoms with van der Waals surface area (Å²) in [4.78, 5) is 39.6. The van der Waals surface area contributed by atoms with Crippen LogP contribution in [0, 0.1) is 12.8 Å². The average Bonchev–Trinajstić information content (AvgIpc) is 3.01. The monoisotopic (exact) mass is 765 g/mol. The summed E-state index contributed by atoms with van der Waals surface area (Å²) in [5.41, 5.74) is 7.39. The van der Waals surface area contributed by atoms with Crippen LogP contribution in [0.1, 0.15) is 49.7 Å². The summed E-state index contributed by atoms with van der Waals surface area (Å²) in [6.07, 6.45) is 1.88. The summed E-state index contributed by atoms with van der Waals surface area (Å²) in [6, 6.07) is 8.25. The summed E-state index contributed by atoms with van der Waals surface area (Å²) in [7, 11) is -5.36. The highest BCUT2D eigenvalue weighted by Gasteiger charge is 2.38. The van der Waals surface area contributed by atoms with Gasteiger partial charge in [0.2, 0.25) is 31.9 Å². The molecule has 0 bridgehead atoms. The summed E-state index contributed by atoms with van der Waals surface area (Å²) in [5, 5.41) is 12.4. The molecular formula is C31H42F3N5O10S2. The van der Waals surface area contributed by atoms with Gasteiger partial charge in [0.15, 0.2) is 17.5 Å². The van der Waals surface area contributed by atoms with E-state index in [-0.39, 0.29) is 29.7 Å². The number of nitrogens with one attached hydrogen (secondary N) is 2. The van der Waals surface area contributed by atoms with E-state index in [9.17, 15) is 39.6 Å². The summed E-state index contributed by atoms with van der Waals surface area (Å²) >= 11 is 0. The second-order valence-electron chi connectivity index (χ2n) is 11.7. The third-order valence-electron chi connectivity index (χ3n) is 7.49. The van der Waals surface area contributed by atoms with Crippen LogP contribution in [0.4, 0.5) is 24.5 Å². The molecule has 5 N–H and O–H groups in total. The number of carbonyl (C=O) groups is 3. The molecule has 1 atom stereocenters. The van der Waals surface area contributed by atoms with Crippen LogP contribution in [-0.2, 0) is 40.9 Å². The molecule has 0 aromatic heterocycles. The van der Waals surface area contributed by atoms with E-state index >= 15 is 0 Å². The van der Waals surface area contributed by atoms with E-state index in [2.05, 4.69) is 15.6 Å². The summed E-state index contributed by atoms with van der Waals surface area (Å²) in [5.74, 6) is -2.74. The summed E-state index contributed by atoms with van der Waals surface area (Å²) in [6.45, 7) is 1.69. The van der Waals surface area contributed by atoms with Gasteiger partial charge in [-0.2, -0.15) is 16.9 Å². The summed E-state index contributed by atoms with van der Waals surface area (Å²) < 4.78 is 91.7. The highest BCUT2D eigenvalue weighted by molar-refractivity contribution is 8.09. The molecule has 0 heterocycles. The van der Waals surface area contributed by atoms with E-state index in [0.717, 1.165) is 44.6 Å². The molecule has 0 aliphatic heterocycles. The predicted octanol–water partition coefficient (Wildman–Crippen LogP) is 3.32. The van der Waals surface area contributed by atoms with Crippen molar-refractivity contribution in [3.63, 3.8) is 0 Å². The van der Waals surface area contributed by atoms with Crippen molar-refractivity contribution in [2.45, 2.75) is 64.1 Å². The zero-order valence-corrected chi connectivity index (χ0v) is 30.2. The molecule has 0 saturated heterocycles. The molecular weight excluding hydrogens is 723 g/mol. The third-order valence-corrected chi connectivity index (χ3v) is 10.7. The Morgan fingerprint density at radius 3 is 2.06 bits per heavy atom. The van der Waals surface area contributed by atoms with E-state index in [0.29, 0.717) is 32.8 Å². The van der Waals surface area contributed by atoms with E-state index in [4.69, 9.17) is 25.1 Å². The molecule has 1 fully saturated rings. The number of nitrogens with two attached hydrogens (primary N) is 1. The number of carboxylic acids is 1. The van der Waals surface area contributed by atoms with Gasteiger partial charge in [0.05, 0.1) is 38.8 Å². The topological polar surface area (TPSA) is 224 Å². The Kier molecular flexibility index (Phi) is 15.1. The Morgan fingerprint density at radius 1 is 0.980 bits per heavy atom. The van der Waals surface area contributed by atoms with Crippen LogP contribution in [0.2, 0.25) is 0 Å². The zero-order chi connectivity index (χ0) is 38.7. The maximum absolute atomic E-state index is 13.6. The van der Waals surface area contributed by atoms with Gasteiger partial charge in [-0.15, -0.1) is 0 Å². The fourth-order valence-electron chi connectivity index (χ4n) is 5.22. The molecule has 1 saturated carbocycles. The number of hydrogen-bond donors (Lipinski definition) is 4. The van der Waals surface area contributed by atoms with Gasteiger partial charge in [-0.05, 0) is 54.7 Å². The second-order valence-corrected chi connectivity index (χ2v) is 15.6. The van der Waals surface area contributed by atoms with Crippen molar-refractivity contribution in [3.05, 3.63) is 47.5 Å². The smallest absolute Gasteiger partial charge is 0.490 e. The number of amides is 2. The van der Waals surface area contributed by atoms with E-state index in [1.54, 1.807) is 25.1 Å². The molecule has 284 valence electrons. The number of alkyl halides is 3. The van der Waals surface area contributed by atoms with E-state index in [1.807, 2.05) is 0 Å². The van der Waals surface area contributed by atoms with Gasteiger partial charge in [0, 0.05) is 5.69 Å². The van der Waals surface area contributed by atoms with Crippen LogP contribution >= 0.6 is 0 Å². The Hall–Kier alpha value is -4.59. The number of aliphatic imine (C=N–C) groups is 1. The fraction of sp³-hybridized carbons (Fsp3) is 0.484. The van der Waals surface area contributed by atoms with Gasteiger partial charge >= 0.3 is 12.1 Å². The Bertz CT molecular complexity index is 1780. The number of guanidine groups is 1. The molecule has 2 aromatic rings. The van der Waals surface area contributed by atoms with Gasteiger partial charge in [0.1, 0.15) is 6.04 Å². The van der Waals surface area contributed by atoms with Gasteiger partial charge in [-0.3, -0.25) is 14.9 Å². The number of carbonyl (C=O) groups excluding carboxylic acids is 2. The fourth-order valence-corrected chi connectivity index (χ4v) is 8.18. The van der Waals surface area contributed by atoms with Crippen LogP contribution in [0.5, 0.6) is 11.5 Å². The lowest BCUT2D eigenvalue weighted by Crippen LogP contribution is -2.40. The lowest BCUT2D eigenvalue weighted by molar-refractivity contribution is -0.192. The maximum atomic E-state index is 13.6. The highest BCUT2D eigenvalue weighted by Crippen LogP contribution is 2.31. The zero-order valence-electron chi connectivity index (χ0n) is 28.6. The minimum absolute atomic E-state index is 0.0285. The van der Waals surface area contributed by atoms with Gasteiger partial charge in [-0.1, -0.05) is 44.2 Å². The lowest BCUT2D eigenvalue weighted by atomic mass is 9.84. The number of benzene rings is 2. The first kappa shape index (κ1) is 42.6. The number of carboxylic acid groups (broad SMARTS) is 1. The number of sulfonamides is 2. The van der Waals surface area contributed by atoms with Crippen molar-refractivity contribution in [3.8, 4) is 11.5 Å². The number of anilines is 2. The molecule has 51 heavy (non-hydrogen) atoms. The number of methoxy groups -OCH3 is 2. The van der Waals surface area contributed by atoms with Crippen molar-refractivity contribution < 1.29 is 59.0 Å². The molecule has 2 aromatic carbocycles. The van der Waals surface area contributed by atoms with E-state index in [1.165, 1.54) is 32.4 Å². The Labute approximate surface area is 294 Å². The molecule has 20 heteroatoms. The average molecular weight is 766 g/mol. The van der Waals surface area contributed by atoms with Crippen molar-refractivity contribution in [1.29, 1.82) is 0 Å². The number of hydrogen-bond acceptors (Lipinski definition) is 10. The molecule has 3 rings (SSSR count). The predicted molar refractivity (Wildman–Crippen MR) is 184 cm³/mol. The third kappa shape index (κ3) is 13.6. The van der Waals surface area contributed by atoms with Crippen LogP contribution in [0.15, 0.2) is 41.4 Å². The van der Waals surface area contributed by atoms with Crippen LogP contribution < -0.4 is 29.6 Å². The lowest BCUT2D eigenvalue weighted by Gasteiger charge is -2.25. The maximum Gasteiger partial charge on any atom is 0.490 e. The number of aryl methyl sites for hydroxylation is 1. The van der Waals surface area contributed by atoms with Gasteiger partial charge in [-0.25, -0.2) is 26.6 Å². The van der Waals surface area contributed by atoms with Crippen molar-refractivity contribution in [1.82, 2.24) is 5.32 Å². The second kappa shape index (κ2) is 18.1. The van der Waals surface area contributed by atoms with E-state index < -0.39 is 50.0 Å². The molecule has 0 spiro atoms. The molecule has 15 nitrogen and oxygen atoms in total. The molecule has 1 aliphatic carbocycles. The largest absolute Gasteiger partial charge is 0.493 e. The van der Waals surface area contributed by atoms with Crippen molar-refractivity contribution in [2.75, 3.05) is 35.8 Å². The van der Waals surface area contributed by atoms with Crippen LogP contribution in [0.3, 0.4) is 0 Å². The first-order valence-electron chi connectivity index (χ1n) is 15.3. The number of nitrogens with zero attached hydrogens (tertiary/aromatic N) is 2. The first-order valence-corrected chi connectivity index (χ1v) is 19.0.